The van der Waals surface area contributed by atoms with Crippen molar-refractivity contribution in [3.63, 3.8) is 0 Å². The SMILES string of the molecule is O=C(O)c1ccc(F)c(Cc2n[nH]c(=O)c3ccccc23)c1. The number of nitrogens with one attached hydrogen (secondary N) is 1. The molecule has 0 radical (unpaired) electrons. The molecule has 6 heteroatoms. The Kier molecular flexibility index (Phi) is 3.42. The van der Waals surface area contributed by atoms with Crippen LogP contribution in [0.4, 0.5) is 4.39 Å². The lowest BCUT2D eigenvalue weighted by Crippen LogP contribution is -2.11. The topological polar surface area (TPSA) is 83.0 Å². The molecular formula is C16H11FN2O3. The molecule has 0 aliphatic heterocycles. The van der Waals surface area contributed by atoms with Crippen LogP contribution in [0.1, 0.15) is 21.6 Å². The van der Waals surface area contributed by atoms with E-state index in [0.29, 0.717) is 16.5 Å². The maximum atomic E-state index is 13.9. The summed E-state index contributed by atoms with van der Waals surface area (Å²) in [7, 11) is 0. The first-order valence-corrected chi connectivity index (χ1v) is 6.54. The molecule has 0 saturated carbocycles. The zero-order valence-electron chi connectivity index (χ0n) is 11.3. The van der Waals surface area contributed by atoms with Gasteiger partial charge in [-0.25, -0.2) is 14.3 Å². The third-order valence-corrected chi connectivity index (χ3v) is 3.43. The van der Waals surface area contributed by atoms with Gasteiger partial charge in [0.15, 0.2) is 0 Å². The normalized spacial score (nSPS) is 10.8. The van der Waals surface area contributed by atoms with E-state index >= 15 is 0 Å². The van der Waals surface area contributed by atoms with Gasteiger partial charge in [0.25, 0.3) is 5.56 Å². The van der Waals surface area contributed by atoms with Gasteiger partial charge in [0, 0.05) is 11.8 Å². The molecule has 1 aromatic heterocycles. The molecular weight excluding hydrogens is 287 g/mol. The molecule has 0 spiro atoms. The molecule has 3 rings (SSSR count). The van der Waals surface area contributed by atoms with E-state index in [2.05, 4.69) is 10.2 Å². The molecule has 0 unspecified atom stereocenters. The van der Waals surface area contributed by atoms with Crippen molar-refractivity contribution in [1.82, 2.24) is 10.2 Å². The van der Waals surface area contributed by atoms with Gasteiger partial charge in [-0.05, 0) is 29.8 Å². The van der Waals surface area contributed by atoms with E-state index in [9.17, 15) is 14.0 Å². The number of H-pyrrole nitrogens is 1. The van der Waals surface area contributed by atoms with Crippen molar-refractivity contribution in [2.75, 3.05) is 0 Å². The van der Waals surface area contributed by atoms with Gasteiger partial charge in [-0.2, -0.15) is 5.10 Å². The summed E-state index contributed by atoms with van der Waals surface area (Å²) >= 11 is 0. The minimum Gasteiger partial charge on any atom is -0.478 e. The Morgan fingerprint density at radius 1 is 1.18 bits per heavy atom. The van der Waals surface area contributed by atoms with E-state index in [1.165, 1.54) is 12.1 Å². The fourth-order valence-electron chi connectivity index (χ4n) is 2.33. The van der Waals surface area contributed by atoms with Crippen LogP contribution >= 0.6 is 0 Å². The molecule has 22 heavy (non-hydrogen) atoms. The number of hydrogen-bond donors (Lipinski definition) is 2. The van der Waals surface area contributed by atoms with E-state index in [4.69, 9.17) is 5.11 Å². The highest BCUT2D eigenvalue weighted by Gasteiger charge is 2.12. The van der Waals surface area contributed by atoms with Crippen LogP contribution in [0.3, 0.4) is 0 Å². The van der Waals surface area contributed by atoms with Crippen LogP contribution in [-0.4, -0.2) is 21.3 Å². The largest absolute Gasteiger partial charge is 0.478 e. The lowest BCUT2D eigenvalue weighted by Gasteiger charge is -2.07. The fourth-order valence-corrected chi connectivity index (χ4v) is 2.33. The van der Waals surface area contributed by atoms with E-state index in [1.807, 2.05) is 0 Å². The monoisotopic (exact) mass is 298 g/mol. The van der Waals surface area contributed by atoms with Crippen LogP contribution in [0, 0.1) is 5.82 Å². The Hall–Kier alpha value is -3.02. The number of aromatic nitrogens is 2. The number of aromatic amines is 1. The van der Waals surface area contributed by atoms with Crippen molar-refractivity contribution in [3.8, 4) is 0 Å². The van der Waals surface area contributed by atoms with Crippen LogP contribution in [0.2, 0.25) is 0 Å². The van der Waals surface area contributed by atoms with Crippen molar-refractivity contribution >= 4 is 16.7 Å². The summed E-state index contributed by atoms with van der Waals surface area (Å²) in [6.07, 6.45) is 0.0875. The lowest BCUT2D eigenvalue weighted by molar-refractivity contribution is 0.0696. The average molecular weight is 298 g/mol. The first kappa shape index (κ1) is 13.9. The Morgan fingerprint density at radius 2 is 1.91 bits per heavy atom. The van der Waals surface area contributed by atoms with Gasteiger partial charge in [0.05, 0.1) is 16.6 Å². The second-order valence-corrected chi connectivity index (χ2v) is 4.83. The number of benzene rings is 2. The van der Waals surface area contributed by atoms with Crippen molar-refractivity contribution in [1.29, 1.82) is 0 Å². The van der Waals surface area contributed by atoms with Gasteiger partial charge in [-0.1, -0.05) is 18.2 Å². The third kappa shape index (κ3) is 2.46. The molecule has 0 saturated heterocycles. The lowest BCUT2D eigenvalue weighted by atomic mass is 10.0. The van der Waals surface area contributed by atoms with Crippen molar-refractivity contribution in [2.24, 2.45) is 0 Å². The summed E-state index contributed by atoms with van der Waals surface area (Å²) in [4.78, 5) is 22.7. The van der Waals surface area contributed by atoms with Crippen molar-refractivity contribution in [3.05, 3.63) is 75.5 Å². The maximum absolute atomic E-state index is 13.9. The minimum atomic E-state index is -1.12. The number of rotatable bonds is 3. The first-order chi connectivity index (χ1) is 10.6. The van der Waals surface area contributed by atoms with Gasteiger partial charge in [0.2, 0.25) is 0 Å². The predicted molar refractivity (Wildman–Crippen MR) is 78.5 cm³/mol. The van der Waals surface area contributed by atoms with Crippen LogP contribution in [0.5, 0.6) is 0 Å². The standard InChI is InChI=1S/C16H11FN2O3/c17-13-6-5-9(16(21)22)7-10(13)8-14-11-3-1-2-4-12(11)15(20)19-18-14/h1-7H,8H2,(H,19,20)(H,21,22). The van der Waals surface area contributed by atoms with Crippen molar-refractivity contribution in [2.45, 2.75) is 6.42 Å². The van der Waals surface area contributed by atoms with Gasteiger partial charge in [0.1, 0.15) is 5.82 Å². The van der Waals surface area contributed by atoms with E-state index in [1.54, 1.807) is 24.3 Å². The number of hydrogen-bond acceptors (Lipinski definition) is 3. The summed E-state index contributed by atoms with van der Waals surface area (Å²) < 4.78 is 13.9. The number of carboxylic acids is 1. The Balaban J connectivity index is 2.11. The summed E-state index contributed by atoms with van der Waals surface area (Å²) in [5.74, 6) is -1.64. The van der Waals surface area contributed by atoms with Crippen LogP contribution in [0.15, 0.2) is 47.3 Å². The molecule has 0 aliphatic rings. The number of carboxylic acid groups (broad SMARTS) is 1. The highest BCUT2D eigenvalue weighted by Crippen LogP contribution is 2.19. The smallest absolute Gasteiger partial charge is 0.335 e. The van der Waals surface area contributed by atoms with Gasteiger partial charge in [-0.15, -0.1) is 0 Å². The quantitative estimate of drug-likeness (QED) is 0.777. The van der Waals surface area contributed by atoms with Gasteiger partial charge < -0.3 is 5.11 Å². The van der Waals surface area contributed by atoms with Gasteiger partial charge in [-0.3, -0.25) is 4.79 Å². The molecule has 2 N–H and O–H groups in total. The highest BCUT2D eigenvalue weighted by molar-refractivity contribution is 5.88. The Labute approximate surface area is 124 Å². The summed E-state index contributed by atoms with van der Waals surface area (Å²) in [6, 6.07) is 10.5. The second-order valence-electron chi connectivity index (χ2n) is 4.83. The summed E-state index contributed by atoms with van der Waals surface area (Å²) in [6.45, 7) is 0. The number of nitrogens with zero attached hydrogens (tertiary/aromatic N) is 1. The van der Waals surface area contributed by atoms with E-state index < -0.39 is 11.8 Å². The zero-order chi connectivity index (χ0) is 15.7. The highest BCUT2D eigenvalue weighted by atomic mass is 19.1. The number of aromatic carboxylic acids is 1. The number of carbonyl (C=O) groups is 1. The molecule has 0 amide bonds. The molecule has 110 valence electrons. The number of fused-ring (bicyclic) bond motifs is 1. The molecule has 3 aromatic rings. The molecule has 0 bridgehead atoms. The van der Waals surface area contributed by atoms with Crippen molar-refractivity contribution < 1.29 is 14.3 Å². The third-order valence-electron chi connectivity index (χ3n) is 3.43. The average Bonchev–Trinajstić information content (AvgIpc) is 2.52. The summed E-state index contributed by atoms with van der Waals surface area (Å²) in [5.41, 5.74) is 0.380. The zero-order valence-corrected chi connectivity index (χ0v) is 11.3. The van der Waals surface area contributed by atoms with E-state index in [-0.39, 0.29) is 23.1 Å². The first-order valence-electron chi connectivity index (χ1n) is 6.54. The number of halogens is 1. The molecule has 5 nitrogen and oxygen atoms in total. The molecule has 0 fully saturated rings. The second kappa shape index (κ2) is 5.40. The van der Waals surface area contributed by atoms with Gasteiger partial charge >= 0.3 is 5.97 Å². The minimum absolute atomic E-state index is 0.00475. The van der Waals surface area contributed by atoms with Crippen LogP contribution in [-0.2, 0) is 6.42 Å². The fraction of sp³-hybridized carbons (Fsp3) is 0.0625. The molecule has 1 heterocycles. The Bertz CT molecular complexity index is 934. The predicted octanol–water partition coefficient (Wildman–Crippen LogP) is 2.35. The molecule has 0 aliphatic carbocycles. The van der Waals surface area contributed by atoms with Crippen LogP contribution < -0.4 is 5.56 Å². The maximum Gasteiger partial charge on any atom is 0.335 e. The Morgan fingerprint density at radius 3 is 2.64 bits per heavy atom. The molecule has 0 atom stereocenters. The summed E-state index contributed by atoms with van der Waals surface area (Å²) in [5, 5.41) is 16.4. The molecule has 2 aromatic carbocycles. The van der Waals surface area contributed by atoms with E-state index in [0.717, 1.165) is 6.07 Å². The van der Waals surface area contributed by atoms with Crippen LogP contribution in [0.25, 0.3) is 10.8 Å².